The van der Waals surface area contributed by atoms with Gasteiger partial charge >= 0.3 is 11.8 Å². The van der Waals surface area contributed by atoms with Crippen molar-refractivity contribution in [3.63, 3.8) is 0 Å². The second-order valence-corrected chi connectivity index (χ2v) is 5.66. The van der Waals surface area contributed by atoms with Gasteiger partial charge in [0.15, 0.2) is 11.5 Å². The Morgan fingerprint density at radius 1 is 1.12 bits per heavy atom. The van der Waals surface area contributed by atoms with Gasteiger partial charge < -0.3 is 20.1 Å². The molecule has 7 heteroatoms. The Kier molecular flexibility index (Phi) is 4.57. The molecule has 2 amide bonds. The van der Waals surface area contributed by atoms with E-state index in [1.165, 1.54) is 0 Å². The number of carbonyl (C=O) groups excluding carboxylic acids is 2. The quantitative estimate of drug-likeness (QED) is 0.819. The zero-order valence-corrected chi connectivity index (χ0v) is 13.6. The normalized spacial score (nSPS) is 15.5. The first-order valence-electron chi connectivity index (χ1n) is 7.29. The minimum Gasteiger partial charge on any atom is -0.484 e. The van der Waals surface area contributed by atoms with Crippen LogP contribution in [-0.4, -0.2) is 24.6 Å². The highest BCUT2D eigenvalue weighted by atomic mass is 35.5. The number of benzene rings is 2. The Balaban J connectivity index is 1.59. The maximum Gasteiger partial charge on any atom is 0.313 e. The molecule has 0 radical (unpaired) electrons. The average Bonchev–Trinajstić information content (AvgIpc) is 2.58. The molecule has 0 aromatic heterocycles. The van der Waals surface area contributed by atoms with E-state index in [2.05, 4.69) is 10.6 Å². The van der Waals surface area contributed by atoms with Gasteiger partial charge in [-0.05, 0) is 36.8 Å². The molecule has 0 spiro atoms. The highest BCUT2D eigenvalue weighted by molar-refractivity contribution is 6.40. The van der Waals surface area contributed by atoms with E-state index in [0.717, 1.165) is 5.56 Å². The van der Waals surface area contributed by atoms with Gasteiger partial charge in [-0.3, -0.25) is 9.59 Å². The number of aryl methyl sites for hydroxylation is 1. The number of hydrogen-bond donors (Lipinski definition) is 2. The van der Waals surface area contributed by atoms with Crippen LogP contribution in [0.25, 0.3) is 0 Å². The summed E-state index contributed by atoms with van der Waals surface area (Å²) in [5, 5.41) is 5.47. The predicted octanol–water partition coefficient (Wildman–Crippen LogP) is 2.50. The van der Waals surface area contributed by atoms with Crippen molar-refractivity contribution < 1.29 is 19.1 Å². The van der Waals surface area contributed by atoms with E-state index in [0.29, 0.717) is 22.2 Å². The Morgan fingerprint density at radius 3 is 2.62 bits per heavy atom. The molecule has 1 heterocycles. The van der Waals surface area contributed by atoms with Gasteiger partial charge in [0.25, 0.3) is 0 Å². The van der Waals surface area contributed by atoms with Gasteiger partial charge in [0.05, 0.1) is 0 Å². The van der Waals surface area contributed by atoms with Crippen LogP contribution in [0.2, 0.25) is 5.02 Å². The molecule has 2 N–H and O–H groups in total. The second-order valence-electron chi connectivity index (χ2n) is 5.26. The van der Waals surface area contributed by atoms with Crippen LogP contribution < -0.4 is 20.1 Å². The fraction of sp³-hybridized carbons (Fsp3) is 0.176. The minimum absolute atomic E-state index is 0.117. The molecule has 1 unspecified atom stereocenters. The van der Waals surface area contributed by atoms with Crippen molar-refractivity contribution in [2.24, 2.45) is 0 Å². The zero-order chi connectivity index (χ0) is 17.1. The molecule has 3 rings (SSSR count). The number of fused-ring (bicyclic) bond motifs is 1. The molecule has 0 saturated carbocycles. The Labute approximate surface area is 143 Å². The summed E-state index contributed by atoms with van der Waals surface area (Å²) in [5.74, 6) is -0.515. The van der Waals surface area contributed by atoms with Crippen LogP contribution in [-0.2, 0) is 9.59 Å². The maximum atomic E-state index is 12.0. The number of anilines is 1. The third-order valence-corrected chi connectivity index (χ3v) is 3.84. The number of ether oxygens (including phenoxy) is 2. The first-order chi connectivity index (χ1) is 11.5. The van der Waals surface area contributed by atoms with Crippen molar-refractivity contribution in [1.29, 1.82) is 0 Å². The molecule has 0 fully saturated rings. The van der Waals surface area contributed by atoms with E-state index in [4.69, 9.17) is 21.1 Å². The molecule has 2 aromatic carbocycles. The van der Waals surface area contributed by atoms with Crippen LogP contribution in [0.1, 0.15) is 5.56 Å². The summed E-state index contributed by atoms with van der Waals surface area (Å²) in [4.78, 5) is 24.0. The van der Waals surface area contributed by atoms with E-state index in [9.17, 15) is 9.59 Å². The molecule has 0 bridgehead atoms. The monoisotopic (exact) mass is 346 g/mol. The van der Waals surface area contributed by atoms with Gasteiger partial charge in [-0.25, -0.2) is 0 Å². The molecule has 1 aliphatic heterocycles. The van der Waals surface area contributed by atoms with E-state index in [-0.39, 0.29) is 6.61 Å². The van der Waals surface area contributed by atoms with Crippen molar-refractivity contribution in [3.8, 4) is 11.5 Å². The van der Waals surface area contributed by atoms with Crippen molar-refractivity contribution in [2.45, 2.75) is 13.2 Å². The molecule has 124 valence electrons. The van der Waals surface area contributed by atoms with Crippen molar-refractivity contribution in [2.75, 3.05) is 11.9 Å². The lowest BCUT2D eigenvalue weighted by Crippen LogP contribution is -2.48. The number of nitrogens with one attached hydrogen (secondary N) is 2. The van der Waals surface area contributed by atoms with E-state index in [1.807, 2.05) is 13.0 Å². The van der Waals surface area contributed by atoms with Gasteiger partial charge in [-0.15, -0.1) is 0 Å². The molecule has 1 atom stereocenters. The van der Waals surface area contributed by atoms with Gasteiger partial charge in [0, 0.05) is 10.7 Å². The smallest absolute Gasteiger partial charge is 0.313 e. The number of para-hydroxylation sites is 2. The molecule has 0 aliphatic carbocycles. The summed E-state index contributed by atoms with van der Waals surface area (Å²) in [6.45, 7) is 1.96. The zero-order valence-electron chi connectivity index (χ0n) is 12.8. The molecule has 0 saturated heterocycles. The number of hydrogen-bond acceptors (Lipinski definition) is 4. The Morgan fingerprint density at radius 2 is 1.88 bits per heavy atom. The van der Waals surface area contributed by atoms with Gasteiger partial charge in [0.2, 0.25) is 6.23 Å². The van der Waals surface area contributed by atoms with Crippen molar-refractivity contribution >= 4 is 29.1 Å². The lowest BCUT2D eigenvalue weighted by atomic mass is 10.2. The first-order valence-corrected chi connectivity index (χ1v) is 7.67. The van der Waals surface area contributed by atoms with E-state index < -0.39 is 18.0 Å². The predicted molar refractivity (Wildman–Crippen MR) is 89.3 cm³/mol. The van der Waals surface area contributed by atoms with E-state index in [1.54, 1.807) is 36.4 Å². The largest absolute Gasteiger partial charge is 0.484 e. The number of rotatable bonds is 2. The standard InChI is InChI=1S/C17H15ClN2O4/c1-10-6-7-11(8-12(10)18)19-16(21)17(22)20-15-9-23-13-4-2-3-5-14(13)24-15/h2-8,15H,9H2,1H3,(H,19,21)(H,20,22). The van der Waals surface area contributed by atoms with Gasteiger partial charge in [-0.1, -0.05) is 29.8 Å². The van der Waals surface area contributed by atoms with E-state index >= 15 is 0 Å². The third kappa shape index (κ3) is 3.60. The topological polar surface area (TPSA) is 76.7 Å². The molecule has 24 heavy (non-hydrogen) atoms. The van der Waals surface area contributed by atoms with Crippen molar-refractivity contribution in [3.05, 3.63) is 53.1 Å². The van der Waals surface area contributed by atoms with Crippen LogP contribution in [0.5, 0.6) is 11.5 Å². The summed E-state index contributed by atoms with van der Waals surface area (Å²) < 4.78 is 11.1. The van der Waals surface area contributed by atoms with Gasteiger partial charge in [-0.2, -0.15) is 0 Å². The summed E-state index contributed by atoms with van der Waals surface area (Å²) >= 11 is 5.99. The Hall–Kier alpha value is -2.73. The van der Waals surface area contributed by atoms with Crippen LogP contribution in [0, 0.1) is 6.92 Å². The van der Waals surface area contributed by atoms with Crippen LogP contribution in [0.15, 0.2) is 42.5 Å². The van der Waals surface area contributed by atoms with Crippen molar-refractivity contribution in [1.82, 2.24) is 5.32 Å². The Bertz CT molecular complexity index is 794. The first kappa shape index (κ1) is 16.1. The highest BCUT2D eigenvalue weighted by Crippen LogP contribution is 2.30. The number of carbonyl (C=O) groups is 2. The van der Waals surface area contributed by atoms with Crippen LogP contribution in [0.4, 0.5) is 5.69 Å². The number of halogens is 1. The highest BCUT2D eigenvalue weighted by Gasteiger charge is 2.25. The number of amides is 2. The fourth-order valence-corrected chi connectivity index (χ4v) is 2.34. The fourth-order valence-electron chi connectivity index (χ4n) is 2.16. The lowest BCUT2D eigenvalue weighted by molar-refractivity contribution is -0.138. The molecule has 1 aliphatic rings. The molecule has 2 aromatic rings. The minimum atomic E-state index is -0.820. The molecular weight excluding hydrogens is 332 g/mol. The molecule has 6 nitrogen and oxygen atoms in total. The maximum absolute atomic E-state index is 12.0. The van der Waals surface area contributed by atoms with Gasteiger partial charge in [0.1, 0.15) is 6.61 Å². The third-order valence-electron chi connectivity index (χ3n) is 3.44. The second kappa shape index (κ2) is 6.80. The lowest BCUT2D eigenvalue weighted by Gasteiger charge is -2.26. The average molecular weight is 347 g/mol. The molecular formula is C17H15ClN2O4. The summed E-state index contributed by atoms with van der Waals surface area (Å²) in [7, 11) is 0. The summed E-state index contributed by atoms with van der Waals surface area (Å²) in [5.41, 5.74) is 1.32. The van der Waals surface area contributed by atoms with Crippen LogP contribution >= 0.6 is 11.6 Å². The SMILES string of the molecule is Cc1ccc(NC(=O)C(=O)NC2COc3ccccc3O2)cc1Cl. The summed E-state index contributed by atoms with van der Waals surface area (Å²) in [6.07, 6.45) is -0.736. The summed E-state index contributed by atoms with van der Waals surface area (Å²) in [6, 6.07) is 12.1. The van der Waals surface area contributed by atoms with Crippen LogP contribution in [0.3, 0.4) is 0 Å².